The van der Waals surface area contributed by atoms with Gasteiger partial charge in [-0.15, -0.1) is 0 Å². The lowest BCUT2D eigenvalue weighted by Crippen LogP contribution is -1.90. The zero-order valence-corrected chi connectivity index (χ0v) is 16.1. The highest BCUT2D eigenvalue weighted by Crippen LogP contribution is 2.28. The van der Waals surface area contributed by atoms with Crippen LogP contribution in [0.25, 0.3) is 28.6 Å². The van der Waals surface area contributed by atoms with E-state index in [-0.39, 0.29) is 5.69 Å². The maximum atomic E-state index is 11.1. The molecule has 0 N–H and O–H groups in total. The summed E-state index contributed by atoms with van der Waals surface area (Å²) in [5, 5.41) is 11.1. The number of nitro groups is 1. The SMILES string of the molecule is COc1ccc(-c2nc3cc(N=C/C=C\c4ccccc4[N+](=O)[O-])ccc3o2)cc1. The number of methoxy groups -OCH3 is 1. The van der Waals surface area contributed by atoms with Crippen LogP contribution in [0, 0.1) is 10.1 Å². The van der Waals surface area contributed by atoms with Crippen LogP contribution in [0.4, 0.5) is 11.4 Å². The van der Waals surface area contributed by atoms with Crippen molar-refractivity contribution in [2.24, 2.45) is 4.99 Å². The zero-order chi connectivity index (χ0) is 20.9. The number of rotatable bonds is 6. The number of benzene rings is 3. The van der Waals surface area contributed by atoms with Gasteiger partial charge in [-0.1, -0.05) is 12.1 Å². The van der Waals surface area contributed by atoms with Gasteiger partial charge in [-0.3, -0.25) is 15.1 Å². The lowest BCUT2D eigenvalue weighted by molar-refractivity contribution is -0.385. The van der Waals surface area contributed by atoms with E-state index in [2.05, 4.69) is 9.98 Å². The van der Waals surface area contributed by atoms with E-state index < -0.39 is 4.92 Å². The lowest BCUT2D eigenvalue weighted by atomic mass is 10.1. The van der Waals surface area contributed by atoms with Crippen molar-refractivity contribution in [3.8, 4) is 17.2 Å². The summed E-state index contributed by atoms with van der Waals surface area (Å²) in [5.74, 6) is 1.28. The predicted octanol–water partition coefficient (Wildman–Crippen LogP) is 5.83. The number of ether oxygens (including phenoxy) is 1. The molecule has 7 nitrogen and oxygen atoms in total. The monoisotopic (exact) mass is 399 g/mol. The van der Waals surface area contributed by atoms with Gasteiger partial charge in [0.25, 0.3) is 5.69 Å². The van der Waals surface area contributed by atoms with Crippen LogP contribution in [0.15, 0.2) is 82.2 Å². The van der Waals surface area contributed by atoms with Crippen molar-refractivity contribution in [3.63, 3.8) is 0 Å². The smallest absolute Gasteiger partial charge is 0.276 e. The highest BCUT2D eigenvalue weighted by molar-refractivity contribution is 5.84. The summed E-state index contributed by atoms with van der Waals surface area (Å²) in [5.41, 5.74) is 3.48. The summed E-state index contributed by atoms with van der Waals surface area (Å²) < 4.78 is 11.0. The lowest BCUT2D eigenvalue weighted by Gasteiger charge is -1.99. The number of nitro benzene ring substituents is 1. The van der Waals surface area contributed by atoms with Gasteiger partial charge in [-0.05, 0) is 60.7 Å². The molecule has 3 aromatic carbocycles. The zero-order valence-electron chi connectivity index (χ0n) is 16.1. The van der Waals surface area contributed by atoms with Gasteiger partial charge >= 0.3 is 0 Å². The van der Waals surface area contributed by atoms with Crippen LogP contribution in [0.1, 0.15) is 5.56 Å². The van der Waals surface area contributed by atoms with Crippen LogP contribution in [-0.2, 0) is 0 Å². The first-order chi connectivity index (χ1) is 14.6. The van der Waals surface area contributed by atoms with Crippen molar-refractivity contribution in [1.82, 2.24) is 4.98 Å². The van der Waals surface area contributed by atoms with E-state index in [0.717, 1.165) is 11.3 Å². The summed E-state index contributed by atoms with van der Waals surface area (Å²) in [7, 11) is 1.62. The fraction of sp³-hybridized carbons (Fsp3) is 0.0435. The molecule has 0 radical (unpaired) electrons. The van der Waals surface area contributed by atoms with Crippen molar-refractivity contribution in [2.75, 3.05) is 7.11 Å². The number of aromatic nitrogens is 1. The van der Waals surface area contributed by atoms with E-state index in [9.17, 15) is 10.1 Å². The second kappa shape index (κ2) is 8.40. The van der Waals surface area contributed by atoms with Gasteiger partial charge in [0.1, 0.15) is 11.3 Å². The maximum Gasteiger partial charge on any atom is 0.276 e. The molecule has 0 unspecified atom stereocenters. The first kappa shape index (κ1) is 19.1. The summed E-state index contributed by atoms with van der Waals surface area (Å²) >= 11 is 0. The molecule has 7 heteroatoms. The molecule has 0 spiro atoms. The normalized spacial score (nSPS) is 11.5. The Labute approximate surface area is 172 Å². The van der Waals surface area contributed by atoms with Crippen LogP contribution in [0.3, 0.4) is 0 Å². The van der Waals surface area contributed by atoms with Crippen LogP contribution < -0.4 is 4.74 Å². The molecule has 0 fully saturated rings. The molecule has 0 bridgehead atoms. The minimum Gasteiger partial charge on any atom is -0.497 e. The van der Waals surface area contributed by atoms with E-state index in [1.54, 1.807) is 43.7 Å². The van der Waals surface area contributed by atoms with E-state index in [0.29, 0.717) is 28.2 Å². The van der Waals surface area contributed by atoms with Crippen molar-refractivity contribution in [2.45, 2.75) is 0 Å². The van der Waals surface area contributed by atoms with E-state index in [1.807, 2.05) is 42.5 Å². The Kier molecular flexibility index (Phi) is 5.34. The molecular weight excluding hydrogens is 382 g/mol. The van der Waals surface area contributed by atoms with Crippen LogP contribution in [0.5, 0.6) is 5.75 Å². The van der Waals surface area contributed by atoms with Crippen molar-refractivity contribution in [3.05, 3.63) is 88.5 Å². The Morgan fingerprint density at radius 3 is 2.67 bits per heavy atom. The average molecular weight is 399 g/mol. The number of nitrogens with zero attached hydrogens (tertiary/aromatic N) is 3. The molecule has 1 heterocycles. The minimum absolute atomic E-state index is 0.0530. The van der Waals surface area contributed by atoms with Crippen molar-refractivity contribution >= 4 is 34.8 Å². The fourth-order valence-electron chi connectivity index (χ4n) is 2.92. The Hall–Kier alpha value is -4.26. The van der Waals surface area contributed by atoms with Crippen LogP contribution in [-0.4, -0.2) is 23.2 Å². The summed E-state index contributed by atoms with van der Waals surface area (Å²) in [6.45, 7) is 0. The number of aliphatic imine (C=N–C) groups is 1. The third-order valence-corrected chi connectivity index (χ3v) is 4.43. The largest absolute Gasteiger partial charge is 0.497 e. The summed E-state index contributed by atoms with van der Waals surface area (Å²) in [6, 6.07) is 19.5. The molecule has 0 amide bonds. The number of hydrogen-bond acceptors (Lipinski definition) is 6. The third-order valence-electron chi connectivity index (χ3n) is 4.43. The third kappa shape index (κ3) is 4.10. The van der Waals surface area contributed by atoms with Crippen LogP contribution >= 0.6 is 0 Å². The topological polar surface area (TPSA) is 90.8 Å². The van der Waals surface area contributed by atoms with Gasteiger partial charge in [0.2, 0.25) is 5.89 Å². The number of hydrogen-bond donors (Lipinski definition) is 0. The van der Waals surface area contributed by atoms with Gasteiger partial charge in [0.15, 0.2) is 5.58 Å². The van der Waals surface area contributed by atoms with E-state index >= 15 is 0 Å². The second-order valence-electron chi connectivity index (χ2n) is 6.35. The maximum absolute atomic E-state index is 11.1. The number of allylic oxidation sites excluding steroid dienone is 1. The molecule has 30 heavy (non-hydrogen) atoms. The molecule has 0 aliphatic rings. The summed E-state index contributed by atoms with van der Waals surface area (Å²) in [4.78, 5) is 19.5. The Balaban J connectivity index is 1.53. The number of para-hydroxylation sites is 1. The first-order valence-electron chi connectivity index (χ1n) is 9.13. The Morgan fingerprint density at radius 2 is 1.90 bits per heavy atom. The van der Waals surface area contributed by atoms with Gasteiger partial charge < -0.3 is 9.15 Å². The molecule has 148 valence electrons. The fourth-order valence-corrected chi connectivity index (χ4v) is 2.92. The van der Waals surface area contributed by atoms with Crippen molar-refractivity contribution in [1.29, 1.82) is 0 Å². The summed E-state index contributed by atoms with van der Waals surface area (Å²) in [6.07, 6.45) is 4.90. The van der Waals surface area contributed by atoms with Crippen LogP contribution in [0.2, 0.25) is 0 Å². The molecule has 0 aliphatic heterocycles. The molecule has 0 saturated carbocycles. The van der Waals surface area contributed by atoms with Gasteiger partial charge in [-0.2, -0.15) is 0 Å². The first-order valence-corrected chi connectivity index (χ1v) is 9.13. The van der Waals surface area contributed by atoms with E-state index in [1.165, 1.54) is 6.07 Å². The van der Waals surface area contributed by atoms with E-state index in [4.69, 9.17) is 9.15 Å². The van der Waals surface area contributed by atoms with Crippen molar-refractivity contribution < 1.29 is 14.1 Å². The van der Waals surface area contributed by atoms with Gasteiger partial charge in [0.05, 0.1) is 23.3 Å². The molecule has 4 rings (SSSR count). The Bertz CT molecular complexity index is 1260. The second-order valence-corrected chi connectivity index (χ2v) is 6.35. The Morgan fingerprint density at radius 1 is 1.10 bits per heavy atom. The predicted molar refractivity (Wildman–Crippen MR) is 116 cm³/mol. The standard InChI is InChI=1S/C23H17N3O4/c1-29-19-11-8-17(9-12-19)23-25-20-15-18(10-13-22(20)30-23)24-14-4-6-16-5-2-3-7-21(16)26(27)28/h2-15H,1H3/b6-4-,24-14?. The molecule has 1 aromatic heterocycles. The molecule has 0 saturated heterocycles. The molecule has 0 aliphatic carbocycles. The quantitative estimate of drug-likeness (QED) is 0.231. The highest BCUT2D eigenvalue weighted by Gasteiger charge is 2.10. The van der Waals surface area contributed by atoms with Gasteiger partial charge in [-0.25, -0.2) is 4.98 Å². The molecular formula is C23H17N3O4. The average Bonchev–Trinajstić information content (AvgIpc) is 3.20. The minimum atomic E-state index is -0.407. The number of fused-ring (bicyclic) bond motifs is 1. The molecule has 0 atom stereocenters. The highest BCUT2D eigenvalue weighted by atomic mass is 16.6. The number of oxazole rings is 1. The molecule has 4 aromatic rings. The van der Waals surface area contributed by atoms with Gasteiger partial charge in [0, 0.05) is 17.8 Å².